The number of carbonyl (C=O) groups excluding carboxylic acids is 1. The van der Waals surface area contributed by atoms with E-state index in [9.17, 15) is 4.79 Å². The summed E-state index contributed by atoms with van der Waals surface area (Å²) in [6.45, 7) is 6.90. The maximum atomic E-state index is 12.2. The minimum absolute atomic E-state index is 0.00470. The van der Waals surface area contributed by atoms with Gasteiger partial charge in [0.2, 0.25) is 0 Å². The van der Waals surface area contributed by atoms with Crippen molar-refractivity contribution in [1.82, 2.24) is 9.88 Å². The Balaban J connectivity index is 1.70. The number of hydrogen-bond acceptors (Lipinski definition) is 1. The second-order valence-corrected chi connectivity index (χ2v) is 6.05. The van der Waals surface area contributed by atoms with Crippen LogP contribution in [-0.4, -0.2) is 10.5 Å². The van der Waals surface area contributed by atoms with E-state index in [2.05, 4.69) is 29.8 Å². The molecule has 3 rings (SSSR count). The molecular weight excluding hydrogens is 260 g/mol. The van der Waals surface area contributed by atoms with Crippen LogP contribution in [0, 0.1) is 20.8 Å². The quantitative estimate of drug-likeness (QED) is 0.912. The molecule has 1 aromatic carbocycles. The van der Waals surface area contributed by atoms with Crippen molar-refractivity contribution in [2.45, 2.75) is 46.2 Å². The van der Waals surface area contributed by atoms with Gasteiger partial charge in [-0.1, -0.05) is 17.7 Å². The van der Waals surface area contributed by atoms with E-state index in [0.29, 0.717) is 12.6 Å². The lowest BCUT2D eigenvalue weighted by molar-refractivity contribution is 0.0951. The molecule has 110 valence electrons. The number of aromatic nitrogens is 1. The van der Waals surface area contributed by atoms with Crippen LogP contribution in [0.15, 0.2) is 30.3 Å². The molecule has 1 aliphatic carbocycles. The van der Waals surface area contributed by atoms with Gasteiger partial charge in [-0.15, -0.1) is 0 Å². The van der Waals surface area contributed by atoms with Crippen molar-refractivity contribution >= 4 is 5.91 Å². The van der Waals surface area contributed by atoms with Crippen molar-refractivity contribution in [3.05, 3.63) is 58.4 Å². The third kappa shape index (κ3) is 2.87. The standard InChI is InChI=1S/C18H22N2O/c1-12-5-4-6-15(9-12)18(21)19-11-16-10-13(2)20(14(16)3)17-7-8-17/h4-6,9-10,17H,7-8,11H2,1-3H3,(H,19,21). The van der Waals surface area contributed by atoms with E-state index in [-0.39, 0.29) is 5.91 Å². The average molecular weight is 282 g/mol. The Bertz CT molecular complexity index is 681. The molecule has 0 bridgehead atoms. The van der Waals surface area contributed by atoms with Crippen molar-refractivity contribution in [3.63, 3.8) is 0 Å². The minimum atomic E-state index is -0.00470. The van der Waals surface area contributed by atoms with Crippen molar-refractivity contribution in [1.29, 1.82) is 0 Å². The summed E-state index contributed by atoms with van der Waals surface area (Å²) in [5.41, 5.74) is 5.65. The summed E-state index contributed by atoms with van der Waals surface area (Å²) in [6.07, 6.45) is 2.57. The molecule has 1 N–H and O–H groups in total. The van der Waals surface area contributed by atoms with Crippen LogP contribution < -0.4 is 5.32 Å². The van der Waals surface area contributed by atoms with E-state index < -0.39 is 0 Å². The van der Waals surface area contributed by atoms with Gasteiger partial charge in [-0.25, -0.2) is 0 Å². The van der Waals surface area contributed by atoms with Crippen LogP contribution in [0.25, 0.3) is 0 Å². The van der Waals surface area contributed by atoms with E-state index in [1.807, 2.05) is 31.2 Å². The van der Waals surface area contributed by atoms with Crippen LogP contribution in [0.3, 0.4) is 0 Å². The third-order valence-corrected chi connectivity index (χ3v) is 4.22. The molecule has 0 aliphatic heterocycles. The van der Waals surface area contributed by atoms with Crippen LogP contribution in [0.4, 0.5) is 0 Å². The molecule has 3 heteroatoms. The average Bonchev–Trinajstić information content (AvgIpc) is 3.23. The van der Waals surface area contributed by atoms with Crippen molar-refractivity contribution in [2.75, 3.05) is 0 Å². The number of aryl methyl sites for hydroxylation is 2. The monoisotopic (exact) mass is 282 g/mol. The number of nitrogens with one attached hydrogen (secondary N) is 1. The van der Waals surface area contributed by atoms with Crippen molar-refractivity contribution < 1.29 is 4.79 Å². The molecule has 3 nitrogen and oxygen atoms in total. The molecule has 1 aromatic heterocycles. The largest absolute Gasteiger partial charge is 0.348 e. The molecule has 0 radical (unpaired) electrons. The highest BCUT2D eigenvalue weighted by atomic mass is 16.1. The number of rotatable bonds is 4. The highest BCUT2D eigenvalue weighted by molar-refractivity contribution is 5.94. The number of amides is 1. The molecule has 0 unspecified atom stereocenters. The SMILES string of the molecule is Cc1cccc(C(=O)NCc2cc(C)n(C3CC3)c2C)c1. The topological polar surface area (TPSA) is 34.0 Å². The molecule has 1 fully saturated rings. The van der Waals surface area contributed by atoms with Crippen LogP contribution in [0.2, 0.25) is 0 Å². The highest BCUT2D eigenvalue weighted by Gasteiger charge is 2.26. The Morgan fingerprint density at radius 3 is 2.67 bits per heavy atom. The fourth-order valence-electron chi connectivity index (χ4n) is 2.98. The Labute approximate surface area is 126 Å². The summed E-state index contributed by atoms with van der Waals surface area (Å²) in [7, 11) is 0. The number of hydrogen-bond donors (Lipinski definition) is 1. The van der Waals surface area contributed by atoms with Crippen LogP contribution in [0.5, 0.6) is 0 Å². The predicted molar refractivity (Wildman–Crippen MR) is 84.5 cm³/mol. The van der Waals surface area contributed by atoms with Gasteiger partial charge in [0.05, 0.1) is 0 Å². The van der Waals surface area contributed by atoms with E-state index in [1.165, 1.54) is 29.8 Å². The van der Waals surface area contributed by atoms with E-state index in [0.717, 1.165) is 11.1 Å². The molecule has 1 amide bonds. The van der Waals surface area contributed by atoms with Crippen LogP contribution in [0.1, 0.15) is 51.8 Å². The first-order valence-corrected chi connectivity index (χ1v) is 7.58. The smallest absolute Gasteiger partial charge is 0.251 e. The van der Waals surface area contributed by atoms with Crippen molar-refractivity contribution in [2.24, 2.45) is 0 Å². The third-order valence-electron chi connectivity index (χ3n) is 4.22. The Hall–Kier alpha value is -2.03. The second-order valence-electron chi connectivity index (χ2n) is 6.05. The highest BCUT2D eigenvalue weighted by Crippen LogP contribution is 2.38. The van der Waals surface area contributed by atoms with Gasteiger partial charge in [0.15, 0.2) is 0 Å². The second kappa shape index (κ2) is 5.40. The molecule has 0 atom stereocenters. The van der Waals surface area contributed by atoms with Gasteiger partial charge in [0, 0.05) is 29.5 Å². The summed E-state index contributed by atoms with van der Waals surface area (Å²) in [6, 6.07) is 10.6. The van der Waals surface area contributed by atoms with E-state index >= 15 is 0 Å². The first kappa shape index (κ1) is 13.9. The van der Waals surface area contributed by atoms with Crippen molar-refractivity contribution in [3.8, 4) is 0 Å². The Morgan fingerprint density at radius 1 is 1.24 bits per heavy atom. The fraction of sp³-hybridized carbons (Fsp3) is 0.389. The number of carbonyl (C=O) groups is 1. The molecule has 1 saturated carbocycles. The first-order chi connectivity index (χ1) is 10.1. The lowest BCUT2D eigenvalue weighted by Crippen LogP contribution is -2.23. The number of nitrogens with zero attached hydrogens (tertiary/aromatic N) is 1. The van der Waals surface area contributed by atoms with Gasteiger partial charge in [-0.05, 0) is 57.4 Å². The zero-order valence-electron chi connectivity index (χ0n) is 12.9. The number of benzene rings is 1. The minimum Gasteiger partial charge on any atom is -0.348 e. The molecule has 0 saturated heterocycles. The summed E-state index contributed by atoms with van der Waals surface area (Å²) < 4.78 is 2.41. The maximum absolute atomic E-state index is 12.2. The zero-order chi connectivity index (χ0) is 15.0. The summed E-state index contributed by atoms with van der Waals surface area (Å²) in [4.78, 5) is 12.2. The van der Waals surface area contributed by atoms with E-state index in [4.69, 9.17) is 0 Å². The van der Waals surface area contributed by atoms with E-state index in [1.54, 1.807) is 0 Å². The van der Waals surface area contributed by atoms with Crippen LogP contribution in [-0.2, 0) is 6.54 Å². The van der Waals surface area contributed by atoms with Gasteiger partial charge in [-0.3, -0.25) is 4.79 Å². The summed E-state index contributed by atoms with van der Waals surface area (Å²) >= 11 is 0. The normalized spacial score (nSPS) is 14.2. The zero-order valence-corrected chi connectivity index (χ0v) is 12.9. The van der Waals surface area contributed by atoms with Gasteiger partial charge < -0.3 is 9.88 Å². The molecule has 0 spiro atoms. The van der Waals surface area contributed by atoms with Gasteiger partial charge in [0.1, 0.15) is 0 Å². The van der Waals surface area contributed by atoms with Gasteiger partial charge >= 0.3 is 0 Å². The lowest BCUT2D eigenvalue weighted by Gasteiger charge is -2.09. The molecule has 21 heavy (non-hydrogen) atoms. The first-order valence-electron chi connectivity index (χ1n) is 7.58. The van der Waals surface area contributed by atoms with Crippen LogP contribution >= 0.6 is 0 Å². The molecule has 2 aromatic rings. The summed E-state index contributed by atoms with van der Waals surface area (Å²) in [5, 5.41) is 3.03. The molecule has 1 heterocycles. The molecule has 1 aliphatic rings. The lowest BCUT2D eigenvalue weighted by atomic mass is 10.1. The Kier molecular flexibility index (Phi) is 3.58. The predicted octanol–water partition coefficient (Wildman–Crippen LogP) is 3.68. The fourth-order valence-corrected chi connectivity index (χ4v) is 2.98. The molecular formula is C18H22N2O. The maximum Gasteiger partial charge on any atom is 0.251 e. The summed E-state index contributed by atoms with van der Waals surface area (Å²) in [5.74, 6) is -0.00470. The van der Waals surface area contributed by atoms with Gasteiger partial charge in [-0.2, -0.15) is 0 Å². The Morgan fingerprint density at radius 2 is 2.00 bits per heavy atom. The van der Waals surface area contributed by atoms with Gasteiger partial charge in [0.25, 0.3) is 5.91 Å².